The average molecular weight is 548 g/mol. The van der Waals surface area contributed by atoms with E-state index in [1.54, 1.807) is 4.90 Å². The molecule has 3 aromatic rings. The molecule has 2 aromatic carbocycles. The molecule has 1 aromatic heterocycles. The quantitative estimate of drug-likeness (QED) is 0.452. The summed E-state index contributed by atoms with van der Waals surface area (Å²) in [6.45, 7) is 7.96. The van der Waals surface area contributed by atoms with Crippen LogP contribution in [-0.2, 0) is 4.79 Å². The largest absolute Gasteiger partial charge is 0.351 e. The van der Waals surface area contributed by atoms with E-state index < -0.39 is 0 Å². The van der Waals surface area contributed by atoms with Crippen LogP contribution in [0.5, 0.6) is 0 Å². The van der Waals surface area contributed by atoms with E-state index in [0.717, 1.165) is 36.3 Å². The number of aromatic nitrogens is 1. The molecular weight excluding hydrogens is 510 g/mol. The maximum atomic E-state index is 13.6. The predicted molar refractivity (Wildman–Crippen MR) is 155 cm³/mol. The molecule has 3 heterocycles. The number of hydrogen-bond acceptors (Lipinski definition) is 4. The number of halogens is 1. The maximum absolute atomic E-state index is 13.6. The number of urea groups is 1. The van der Waals surface area contributed by atoms with Gasteiger partial charge in [-0.2, -0.15) is 0 Å². The Morgan fingerprint density at radius 3 is 2.46 bits per heavy atom. The molecule has 2 fully saturated rings. The lowest BCUT2D eigenvalue weighted by Crippen LogP contribution is -2.58. The van der Waals surface area contributed by atoms with Crippen molar-refractivity contribution >= 4 is 34.3 Å². The first-order chi connectivity index (χ1) is 18.8. The fourth-order valence-corrected chi connectivity index (χ4v) is 6.41. The van der Waals surface area contributed by atoms with Crippen LogP contribution >= 0.6 is 11.6 Å². The van der Waals surface area contributed by atoms with E-state index in [1.807, 2.05) is 24.5 Å². The molecule has 2 atom stereocenters. The topological polar surface area (TPSA) is 82.8 Å². The van der Waals surface area contributed by atoms with E-state index in [0.29, 0.717) is 37.9 Å². The first kappa shape index (κ1) is 27.4. The van der Waals surface area contributed by atoms with Gasteiger partial charge in [-0.15, -0.1) is 0 Å². The van der Waals surface area contributed by atoms with Gasteiger partial charge in [0.15, 0.2) is 0 Å². The highest BCUT2D eigenvalue weighted by Crippen LogP contribution is 2.36. The lowest BCUT2D eigenvalue weighted by molar-refractivity contribution is -0.139. The van der Waals surface area contributed by atoms with Crippen molar-refractivity contribution in [2.75, 3.05) is 32.7 Å². The van der Waals surface area contributed by atoms with Gasteiger partial charge >= 0.3 is 6.03 Å². The van der Waals surface area contributed by atoms with Gasteiger partial charge in [0.05, 0.1) is 6.04 Å². The molecule has 2 aliphatic rings. The number of carbonyl (C=O) groups is 2. The van der Waals surface area contributed by atoms with Crippen molar-refractivity contribution in [2.24, 2.45) is 17.6 Å². The zero-order valence-corrected chi connectivity index (χ0v) is 23.6. The third-order valence-electron chi connectivity index (χ3n) is 8.49. The number of piperazine rings is 1. The molecule has 3 amide bonds. The Hall–Kier alpha value is -3.16. The summed E-state index contributed by atoms with van der Waals surface area (Å²) in [6, 6.07) is 16.4. The molecule has 39 heavy (non-hydrogen) atoms. The summed E-state index contributed by atoms with van der Waals surface area (Å²) >= 11 is 6.27. The number of fused-ring (bicyclic) bond motifs is 1. The van der Waals surface area contributed by atoms with Crippen molar-refractivity contribution < 1.29 is 9.59 Å². The van der Waals surface area contributed by atoms with Gasteiger partial charge in [0.25, 0.3) is 0 Å². The number of primary amides is 1. The van der Waals surface area contributed by atoms with Gasteiger partial charge in [0, 0.05) is 68.0 Å². The van der Waals surface area contributed by atoms with Crippen molar-refractivity contribution in [1.82, 2.24) is 19.7 Å². The molecule has 5 rings (SSSR count). The minimum atomic E-state index is -0.367. The normalized spacial score (nSPS) is 19.9. The third-order valence-corrected chi connectivity index (χ3v) is 8.74. The molecule has 0 spiro atoms. The monoisotopic (exact) mass is 547 g/mol. The minimum absolute atomic E-state index is 0.0324. The SMILES string of the molecule is CC(C)[C@H]1CN(C(c2ccc(Cl)cc2)c2cccc3cnccc23)CCN1C(=O)CC1CCN(C(N)=O)CC1. The lowest BCUT2D eigenvalue weighted by atomic mass is 9.89. The number of nitrogens with two attached hydrogens (primary N) is 1. The Labute approximate surface area is 235 Å². The van der Waals surface area contributed by atoms with E-state index in [4.69, 9.17) is 17.3 Å². The fraction of sp³-hybridized carbons (Fsp3) is 0.452. The van der Waals surface area contributed by atoms with Crippen LogP contribution in [0.1, 0.15) is 50.3 Å². The summed E-state index contributed by atoms with van der Waals surface area (Å²) in [7, 11) is 0. The summed E-state index contributed by atoms with van der Waals surface area (Å²) < 4.78 is 0. The smallest absolute Gasteiger partial charge is 0.314 e. The van der Waals surface area contributed by atoms with Crippen LogP contribution in [-0.4, -0.2) is 70.4 Å². The van der Waals surface area contributed by atoms with Crippen LogP contribution in [0.3, 0.4) is 0 Å². The Morgan fingerprint density at radius 2 is 1.77 bits per heavy atom. The zero-order valence-electron chi connectivity index (χ0n) is 22.8. The van der Waals surface area contributed by atoms with Gasteiger partial charge in [0.2, 0.25) is 5.91 Å². The van der Waals surface area contributed by atoms with E-state index in [9.17, 15) is 9.59 Å². The molecule has 2 saturated heterocycles. The second kappa shape index (κ2) is 11.9. The van der Waals surface area contributed by atoms with E-state index in [1.165, 1.54) is 16.5 Å². The van der Waals surface area contributed by atoms with Crippen LogP contribution in [0.4, 0.5) is 4.79 Å². The maximum Gasteiger partial charge on any atom is 0.314 e. The molecule has 2 aliphatic heterocycles. The van der Waals surface area contributed by atoms with Crippen molar-refractivity contribution in [2.45, 2.75) is 45.2 Å². The summed E-state index contributed by atoms with van der Waals surface area (Å²) in [5.41, 5.74) is 7.86. The predicted octanol–water partition coefficient (Wildman–Crippen LogP) is 5.33. The number of hydrogen-bond donors (Lipinski definition) is 1. The lowest BCUT2D eigenvalue weighted by Gasteiger charge is -2.47. The molecule has 0 aliphatic carbocycles. The second-order valence-corrected chi connectivity index (χ2v) is 11.7. The van der Waals surface area contributed by atoms with Gasteiger partial charge in [-0.05, 0) is 59.4 Å². The number of rotatable bonds is 6. The molecule has 0 radical (unpaired) electrons. The fourth-order valence-electron chi connectivity index (χ4n) is 6.29. The van der Waals surface area contributed by atoms with Crippen molar-refractivity contribution in [3.8, 4) is 0 Å². The molecule has 206 valence electrons. The molecule has 0 saturated carbocycles. The first-order valence-electron chi connectivity index (χ1n) is 14.0. The van der Waals surface area contributed by atoms with E-state index >= 15 is 0 Å². The Bertz CT molecular complexity index is 1300. The molecule has 8 heteroatoms. The van der Waals surface area contributed by atoms with Crippen LogP contribution < -0.4 is 5.73 Å². The van der Waals surface area contributed by atoms with Gasteiger partial charge in [0.1, 0.15) is 0 Å². The second-order valence-electron chi connectivity index (χ2n) is 11.3. The van der Waals surface area contributed by atoms with Crippen LogP contribution in [0.2, 0.25) is 5.02 Å². The summed E-state index contributed by atoms with van der Waals surface area (Å²) in [5.74, 6) is 0.839. The number of benzene rings is 2. The molecular formula is C31H38ClN5O2. The Kier molecular flexibility index (Phi) is 8.38. The first-order valence-corrected chi connectivity index (χ1v) is 14.4. The van der Waals surface area contributed by atoms with E-state index in [2.05, 4.69) is 65.0 Å². The highest BCUT2D eigenvalue weighted by atomic mass is 35.5. The summed E-state index contributed by atoms with van der Waals surface area (Å²) in [5, 5.41) is 3.02. The average Bonchev–Trinajstić information content (AvgIpc) is 2.94. The number of piperidine rings is 1. The number of pyridine rings is 1. The summed E-state index contributed by atoms with van der Waals surface area (Å²) in [6.07, 6.45) is 5.96. The van der Waals surface area contributed by atoms with Crippen molar-refractivity contribution in [1.29, 1.82) is 0 Å². The minimum Gasteiger partial charge on any atom is -0.351 e. The standard InChI is InChI=1S/C31H38ClN5O2/c1-21(2)28-20-36(16-17-37(28)29(38)18-22-11-14-35(15-12-22)31(33)39)30(23-6-8-25(32)9-7-23)27-5-3-4-24-19-34-13-10-26(24)27/h3-10,13,19,21-22,28,30H,11-12,14-18,20H2,1-2H3,(H2,33,39)/t28-,30?/m1/s1. The highest BCUT2D eigenvalue weighted by Gasteiger charge is 2.37. The van der Waals surface area contributed by atoms with Crippen molar-refractivity contribution in [3.05, 3.63) is 77.1 Å². The molecule has 7 nitrogen and oxygen atoms in total. The van der Waals surface area contributed by atoms with Gasteiger partial charge in [-0.1, -0.05) is 55.8 Å². The summed E-state index contributed by atoms with van der Waals surface area (Å²) in [4.78, 5) is 35.7. The van der Waals surface area contributed by atoms with Crippen LogP contribution in [0.15, 0.2) is 60.9 Å². The number of carbonyl (C=O) groups excluding carboxylic acids is 2. The molecule has 2 N–H and O–H groups in total. The third kappa shape index (κ3) is 6.04. The van der Waals surface area contributed by atoms with Crippen LogP contribution in [0.25, 0.3) is 10.8 Å². The molecule has 1 unspecified atom stereocenters. The van der Waals surface area contributed by atoms with Gasteiger partial charge in [-0.3, -0.25) is 14.7 Å². The number of nitrogens with zero attached hydrogens (tertiary/aromatic N) is 4. The van der Waals surface area contributed by atoms with E-state index in [-0.39, 0.29) is 24.0 Å². The highest BCUT2D eigenvalue weighted by molar-refractivity contribution is 6.30. The van der Waals surface area contributed by atoms with Gasteiger partial charge < -0.3 is 15.5 Å². The van der Waals surface area contributed by atoms with Crippen LogP contribution in [0, 0.1) is 11.8 Å². The molecule has 0 bridgehead atoms. The Balaban J connectivity index is 1.39. The number of likely N-dealkylation sites (tertiary alicyclic amines) is 1. The van der Waals surface area contributed by atoms with Crippen molar-refractivity contribution in [3.63, 3.8) is 0 Å². The van der Waals surface area contributed by atoms with Gasteiger partial charge in [-0.25, -0.2) is 4.79 Å². The number of amides is 3. The zero-order chi connectivity index (χ0) is 27.5. The Morgan fingerprint density at radius 1 is 1.03 bits per heavy atom.